The predicted octanol–water partition coefficient (Wildman–Crippen LogP) is 3.86. The fourth-order valence-electron chi connectivity index (χ4n) is 3.77. The third-order valence-corrected chi connectivity index (χ3v) is 5.45. The number of nitro benzene ring substituents is 1. The first-order chi connectivity index (χ1) is 13.1. The first kappa shape index (κ1) is 17.7. The number of likely N-dealkylation sites (tertiary alicyclic amines) is 1. The van der Waals surface area contributed by atoms with Crippen molar-refractivity contribution in [1.29, 1.82) is 0 Å². The quantitative estimate of drug-likeness (QED) is 0.478. The molecule has 6 nitrogen and oxygen atoms in total. The largest absolute Gasteiger partial charge is 0.377 e. The van der Waals surface area contributed by atoms with E-state index in [0.29, 0.717) is 16.8 Å². The lowest BCUT2D eigenvalue weighted by Crippen LogP contribution is -2.40. The van der Waals surface area contributed by atoms with E-state index < -0.39 is 4.92 Å². The molecule has 6 heteroatoms. The van der Waals surface area contributed by atoms with Crippen molar-refractivity contribution in [2.45, 2.75) is 37.8 Å². The highest BCUT2D eigenvalue weighted by Gasteiger charge is 2.32. The van der Waals surface area contributed by atoms with Crippen molar-refractivity contribution in [2.75, 3.05) is 18.4 Å². The van der Waals surface area contributed by atoms with Crippen molar-refractivity contribution in [3.05, 3.63) is 69.8 Å². The van der Waals surface area contributed by atoms with Crippen LogP contribution in [0.4, 0.5) is 11.4 Å². The highest BCUT2D eigenvalue weighted by Crippen LogP contribution is 2.32. The molecule has 0 unspecified atom stereocenters. The second kappa shape index (κ2) is 7.48. The van der Waals surface area contributed by atoms with Gasteiger partial charge in [-0.1, -0.05) is 30.3 Å². The van der Waals surface area contributed by atoms with Crippen molar-refractivity contribution in [1.82, 2.24) is 4.90 Å². The first-order valence-corrected chi connectivity index (χ1v) is 9.50. The minimum Gasteiger partial charge on any atom is -0.377 e. The van der Waals surface area contributed by atoms with Crippen molar-refractivity contribution in [2.24, 2.45) is 0 Å². The molecule has 2 aliphatic rings. The number of anilines is 1. The normalized spacial score (nSPS) is 18.2. The Morgan fingerprint density at radius 3 is 2.33 bits per heavy atom. The van der Waals surface area contributed by atoms with Crippen LogP contribution in [0.2, 0.25) is 0 Å². The summed E-state index contributed by atoms with van der Waals surface area (Å²) in [6, 6.07) is 14.6. The Hall–Kier alpha value is -2.73. The summed E-state index contributed by atoms with van der Waals surface area (Å²) in [4.78, 5) is 26.3. The molecule has 2 aromatic rings. The van der Waals surface area contributed by atoms with Crippen LogP contribution in [-0.4, -0.2) is 40.8 Å². The molecular formula is C21H23N3O3. The molecule has 0 spiro atoms. The molecule has 27 heavy (non-hydrogen) atoms. The molecule has 0 atom stereocenters. The highest BCUT2D eigenvalue weighted by atomic mass is 16.6. The van der Waals surface area contributed by atoms with Gasteiger partial charge in [-0.3, -0.25) is 14.9 Å². The van der Waals surface area contributed by atoms with Crippen LogP contribution in [0.5, 0.6) is 0 Å². The van der Waals surface area contributed by atoms with Gasteiger partial charge in [0.2, 0.25) is 0 Å². The Morgan fingerprint density at radius 2 is 1.70 bits per heavy atom. The number of rotatable bonds is 6. The Bertz CT molecular complexity index is 841. The fraction of sp³-hybridized carbons (Fsp3) is 0.381. The van der Waals surface area contributed by atoms with Gasteiger partial charge in [-0.05, 0) is 37.8 Å². The topological polar surface area (TPSA) is 75.5 Å². The number of nitro groups is 1. The molecule has 0 radical (unpaired) electrons. The van der Waals surface area contributed by atoms with Gasteiger partial charge >= 0.3 is 0 Å². The number of carbonyl (C=O) groups excluding carboxylic acids is 1. The van der Waals surface area contributed by atoms with Gasteiger partial charge in [0.15, 0.2) is 5.78 Å². The minimum atomic E-state index is -0.413. The van der Waals surface area contributed by atoms with Crippen LogP contribution in [0.3, 0.4) is 0 Å². The van der Waals surface area contributed by atoms with E-state index in [-0.39, 0.29) is 17.5 Å². The molecule has 0 amide bonds. The van der Waals surface area contributed by atoms with Crippen LogP contribution in [0.1, 0.15) is 41.6 Å². The maximum absolute atomic E-state index is 12.6. The van der Waals surface area contributed by atoms with E-state index in [1.54, 1.807) is 36.4 Å². The molecule has 140 valence electrons. The van der Waals surface area contributed by atoms with Gasteiger partial charge in [0, 0.05) is 42.4 Å². The summed E-state index contributed by atoms with van der Waals surface area (Å²) >= 11 is 0. The van der Waals surface area contributed by atoms with Crippen LogP contribution in [0, 0.1) is 10.1 Å². The lowest BCUT2D eigenvalue weighted by atomic mass is 10.0. The standard InChI is InChI=1S/C21H23N3O3/c25-21(15-4-2-1-3-5-15)16-6-9-19(20(14-16)24(26)27)22-17-10-12-23(13-11-17)18-7-8-18/h1-6,9,14,17-18,22H,7-8,10-13H2. The second-order valence-electron chi connectivity index (χ2n) is 7.37. The molecule has 1 aliphatic carbocycles. The summed E-state index contributed by atoms with van der Waals surface area (Å²) in [5.74, 6) is -0.206. The van der Waals surface area contributed by atoms with Crippen molar-refractivity contribution >= 4 is 17.2 Å². The van der Waals surface area contributed by atoms with E-state index in [0.717, 1.165) is 32.0 Å². The van der Waals surface area contributed by atoms with Gasteiger partial charge < -0.3 is 10.2 Å². The maximum atomic E-state index is 12.6. The number of hydrogen-bond acceptors (Lipinski definition) is 5. The number of carbonyl (C=O) groups is 1. The van der Waals surface area contributed by atoms with Crippen molar-refractivity contribution in [3.63, 3.8) is 0 Å². The summed E-state index contributed by atoms with van der Waals surface area (Å²) in [5.41, 5.74) is 1.32. The second-order valence-corrected chi connectivity index (χ2v) is 7.37. The van der Waals surface area contributed by atoms with Crippen molar-refractivity contribution < 1.29 is 9.72 Å². The fourth-order valence-corrected chi connectivity index (χ4v) is 3.77. The maximum Gasteiger partial charge on any atom is 0.293 e. The van der Waals surface area contributed by atoms with Gasteiger partial charge in [0.05, 0.1) is 4.92 Å². The molecule has 1 heterocycles. The summed E-state index contributed by atoms with van der Waals surface area (Å²) in [6.07, 6.45) is 4.58. The minimum absolute atomic E-state index is 0.0404. The average molecular weight is 365 g/mol. The van der Waals surface area contributed by atoms with Crippen LogP contribution in [-0.2, 0) is 0 Å². The first-order valence-electron chi connectivity index (χ1n) is 9.50. The summed E-state index contributed by atoms with van der Waals surface area (Å²) in [6.45, 7) is 2.08. The molecule has 0 bridgehead atoms. The molecule has 2 aromatic carbocycles. The van der Waals surface area contributed by atoms with Gasteiger partial charge in [0.1, 0.15) is 5.69 Å². The summed E-state index contributed by atoms with van der Waals surface area (Å²) in [5, 5.41) is 14.9. The Labute approximate surface area is 158 Å². The number of hydrogen-bond donors (Lipinski definition) is 1. The number of ketones is 1. The summed E-state index contributed by atoms with van der Waals surface area (Å²) < 4.78 is 0. The van der Waals surface area contributed by atoms with E-state index in [1.165, 1.54) is 18.9 Å². The van der Waals surface area contributed by atoms with E-state index >= 15 is 0 Å². The van der Waals surface area contributed by atoms with E-state index in [9.17, 15) is 14.9 Å². The molecule has 1 N–H and O–H groups in total. The van der Waals surface area contributed by atoms with Crippen LogP contribution in [0.25, 0.3) is 0 Å². The van der Waals surface area contributed by atoms with Crippen LogP contribution < -0.4 is 5.32 Å². The smallest absolute Gasteiger partial charge is 0.293 e. The van der Waals surface area contributed by atoms with Crippen molar-refractivity contribution in [3.8, 4) is 0 Å². The molecule has 2 fully saturated rings. The third-order valence-electron chi connectivity index (χ3n) is 5.45. The Kier molecular flexibility index (Phi) is 4.90. The number of benzene rings is 2. The van der Waals surface area contributed by atoms with Crippen LogP contribution in [0.15, 0.2) is 48.5 Å². The third kappa shape index (κ3) is 4.01. The molecule has 1 saturated carbocycles. The SMILES string of the molecule is O=C(c1ccccc1)c1ccc(NC2CCN(C3CC3)CC2)c([N+](=O)[O-])c1. The zero-order chi connectivity index (χ0) is 18.8. The average Bonchev–Trinajstić information content (AvgIpc) is 3.54. The number of nitrogens with zero attached hydrogens (tertiary/aromatic N) is 2. The molecule has 1 aliphatic heterocycles. The molecule has 1 saturated heterocycles. The highest BCUT2D eigenvalue weighted by molar-refractivity contribution is 6.09. The van der Waals surface area contributed by atoms with Gasteiger partial charge in [-0.2, -0.15) is 0 Å². The zero-order valence-corrected chi connectivity index (χ0v) is 15.1. The number of nitrogens with one attached hydrogen (secondary N) is 1. The molecule has 0 aromatic heterocycles. The Morgan fingerprint density at radius 1 is 1.00 bits per heavy atom. The lowest BCUT2D eigenvalue weighted by Gasteiger charge is -2.32. The van der Waals surface area contributed by atoms with E-state index in [4.69, 9.17) is 0 Å². The Balaban J connectivity index is 1.49. The van der Waals surface area contributed by atoms with E-state index in [2.05, 4.69) is 10.2 Å². The lowest BCUT2D eigenvalue weighted by molar-refractivity contribution is -0.384. The summed E-state index contributed by atoms with van der Waals surface area (Å²) in [7, 11) is 0. The van der Waals surface area contributed by atoms with Gasteiger partial charge in [-0.25, -0.2) is 0 Å². The van der Waals surface area contributed by atoms with Gasteiger partial charge in [0.25, 0.3) is 5.69 Å². The predicted molar refractivity (Wildman–Crippen MR) is 104 cm³/mol. The van der Waals surface area contributed by atoms with Gasteiger partial charge in [-0.15, -0.1) is 0 Å². The number of piperidine rings is 1. The van der Waals surface area contributed by atoms with Crippen LogP contribution >= 0.6 is 0 Å². The zero-order valence-electron chi connectivity index (χ0n) is 15.1. The molecule has 4 rings (SSSR count). The monoisotopic (exact) mass is 365 g/mol. The van der Waals surface area contributed by atoms with E-state index in [1.807, 2.05) is 6.07 Å². The molecular weight excluding hydrogens is 342 g/mol.